The number of nitrogens with zero attached hydrogens (tertiary/aromatic N) is 2. The molecule has 1 heterocycles. The molecule has 0 aliphatic heterocycles. The topological polar surface area (TPSA) is 46.9 Å². The zero-order valence-corrected chi connectivity index (χ0v) is 17.9. The zero-order valence-electron chi connectivity index (χ0n) is 17.2. The molecule has 0 unspecified atom stereocenters. The fourth-order valence-corrected chi connectivity index (χ4v) is 3.84. The molecule has 0 saturated heterocycles. The van der Waals surface area contributed by atoms with E-state index in [1.165, 1.54) is 0 Å². The minimum atomic E-state index is -0.0483. The molecule has 1 N–H and O–H groups in total. The van der Waals surface area contributed by atoms with Gasteiger partial charge < -0.3 is 9.88 Å². The van der Waals surface area contributed by atoms with Gasteiger partial charge in [-0.15, -0.1) is 0 Å². The van der Waals surface area contributed by atoms with Crippen LogP contribution < -0.4 is 5.32 Å². The molecule has 1 aromatic heterocycles. The lowest BCUT2D eigenvalue weighted by Gasteiger charge is -2.11. The van der Waals surface area contributed by atoms with Crippen molar-refractivity contribution in [1.82, 2.24) is 14.9 Å². The number of halogens is 1. The van der Waals surface area contributed by atoms with E-state index in [2.05, 4.69) is 16.0 Å². The van der Waals surface area contributed by atoms with E-state index in [0.29, 0.717) is 19.5 Å². The summed E-state index contributed by atoms with van der Waals surface area (Å²) in [4.78, 5) is 17.4. The number of aromatic nitrogens is 2. The number of fused-ring (bicyclic) bond motifs is 1. The van der Waals surface area contributed by atoms with Crippen LogP contribution in [0.15, 0.2) is 66.7 Å². The Morgan fingerprint density at radius 2 is 1.80 bits per heavy atom. The van der Waals surface area contributed by atoms with E-state index in [-0.39, 0.29) is 5.91 Å². The summed E-state index contributed by atoms with van der Waals surface area (Å²) in [5.74, 6) is 0.903. The molecule has 0 bridgehead atoms. The van der Waals surface area contributed by atoms with Gasteiger partial charge in [-0.2, -0.15) is 0 Å². The third-order valence-electron chi connectivity index (χ3n) is 5.25. The van der Waals surface area contributed by atoms with Gasteiger partial charge in [-0.05, 0) is 55.3 Å². The highest BCUT2D eigenvalue weighted by atomic mass is 35.5. The lowest BCUT2D eigenvalue weighted by atomic mass is 10.1. The van der Waals surface area contributed by atoms with Gasteiger partial charge in [0.05, 0.1) is 11.0 Å². The first-order valence-electron chi connectivity index (χ1n) is 10.1. The van der Waals surface area contributed by atoms with Crippen LogP contribution in [0, 0.1) is 13.8 Å². The number of para-hydroxylation sites is 2. The monoisotopic (exact) mass is 417 g/mol. The van der Waals surface area contributed by atoms with Crippen molar-refractivity contribution < 1.29 is 4.79 Å². The molecule has 4 rings (SSSR count). The second-order valence-electron chi connectivity index (χ2n) is 7.55. The molecule has 0 fully saturated rings. The number of nitrogens with one attached hydrogen (secondary N) is 1. The third-order valence-corrected chi connectivity index (χ3v) is 5.50. The standard InChI is InChI=1S/C25H24ClN3O/c1-17-7-12-21(18(2)15-17)25(30)27-14-13-24-28-22-5-3-4-6-23(22)29(24)16-19-8-10-20(26)11-9-19/h3-12,15H,13-14,16H2,1-2H3,(H,27,30). The van der Waals surface area contributed by atoms with Crippen LogP contribution in [-0.2, 0) is 13.0 Å². The number of amides is 1. The Hall–Kier alpha value is -3.11. The van der Waals surface area contributed by atoms with Crippen molar-refractivity contribution in [3.05, 3.63) is 99.8 Å². The quantitative estimate of drug-likeness (QED) is 0.461. The summed E-state index contributed by atoms with van der Waals surface area (Å²) in [6, 6.07) is 21.9. The number of rotatable bonds is 6. The van der Waals surface area contributed by atoms with E-state index >= 15 is 0 Å². The molecule has 0 atom stereocenters. The van der Waals surface area contributed by atoms with Gasteiger partial charge in [0.1, 0.15) is 5.82 Å². The fraction of sp³-hybridized carbons (Fsp3) is 0.200. The van der Waals surface area contributed by atoms with Gasteiger partial charge in [0.25, 0.3) is 5.91 Å². The van der Waals surface area contributed by atoms with Crippen molar-refractivity contribution >= 4 is 28.5 Å². The van der Waals surface area contributed by atoms with Crippen LogP contribution in [0.2, 0.25) is 5.02 Å². The molecule has 30 heavy (non-hydrogen) atoms. The Bertz CT molecular complexity index is 1190. The maximum Gasteiger partial charge on any atom is 0.251 e. The van der Waals surface area contributed by atoms with Crippen molar-refractivity contribution in [2.45, 2.75) is 26.8 Å². The largest absolute Gasteiger partial charge is 0.352 e. The first kappa shape index (κ1) is 20.2. The molecule has 0 spiro atoms. The highest BCUT2D eigenvalue weighted by molar-refractivity contribution is 6.30. The first-order valence-corrected chi connectivity index (χ1v) is 10.4. The molecule has 1 amide bonds. The second kappa shape index (κ2) is 8.72. The van der Waals surface area contributed by atoms with Gasteiger partial charge in [0.2, 0.25) is 0 Å². The van der Waals surface area contributed by atoms with Gasteiger partial charge >= 0.3 is 0 Å². The number of hydrogen-bond donors (Lipinski definition) is 1. The van der Waals surface area contributed by atoms with Gasteiger partial charge in [0, 0.05) is 30.1 Å². The average Bonchev–Trinajstić information content (AvgIpc) is 3.07. The fourth-order valence-electron chi connectivity index (χ4n) is 3.72. The maximum absolute atomic E-state index is 12.6. The van der Waals surface area contributed by atoms with E-state index in [9.17, 15) is 4.79 Å². The predicted molar refractivity (Wildman–Crippen MR) is 122 cm³/mol. The van der Waals surface area contributed by atoms with E-state index in [4.69, 9.17) is 16.6 Å². The van der Waals surface area contributed by atoms with Crippen LogP contribution in [0.1, 0.15) is 32.9 Å². The molecular weight excluding hydrogens is 394 g/mol. The summed E-state index contributed by atoms with van der Waals surface area (Å²) in [6.45, 7) is 5.22. The molecule has 0 aliphatic rings. The number of hydrogen-bond acceptors (Lipinski definition) is 2. The lowest BCUT2D eigenvalue weighted by molar-refractivity contribution is 0.0953. The maximum atomic E-state index is 12.6. The van der Waals surface area contributed by atoms with Crippen LogP contribution in [-0.4, -0.2) is 22.0 Å². The van der Waals surface area contributed by atoms with Gasteiger partial charge in [-0.1, -0.05) is 53.6 Å². The summed E-state index contributed by atoms with van der Waals surface area (Å²) in [5, 5.41) is 3.77. The SMILES string of the molecule is Cc1ccc(C(=O)NCCc2nc3ccccc3n2Cc2ccc(Cl)cc2)c(C)c1. The smallest absolute Gasteiger partial charge is 0.251 e. The molecule has 0 aliphatic carbocycles. The number of aryl methyl sites for hydroxylation is 2. The Kier molecular flexibility index (Phi) is 5.86. The summed E-state index contributed by atoms with van der Waals surface area (Å²) >= 11 is 6.03. The van der Waals surface area contributed by atoms with Crippen molar-refractivity contribution in [2.75, 3.05) is 6.54 Å². The summed E-state index contributed by atoms with van der Waals surface area (Å²) in [7, 11) is 0. The number of benzene rings is 3. The Morgan fingerprint density at radius 3 is 2.57 bits per heavy atom. The minimum absolute atomic E-state index is 0.0483. The van der Waals surface area contributed by atoms with Crippen molar-refractivity contribution in [2.24, 2.45) is 0 Å². The van der Waals surface area contributed by atoms with E-state index in [0.717, 1.165) is 44.1 Å². The highest BCUT2D eigenvalue weighted by Crippen LogP contribution is 2.19. The van der Waals surface area contributed by atoms with Crippen LogP contribution in [0.4, 0.5) is 0 Å². The van der Waals surface area contributed by atoms with Gasteiger partial charge in [-0.25, -0.2) is 4.98 Å². The van der Waals surface area contributed by atoms with Crippen molar-refractivity contribution in [3.63, 3.8) is 0 Å². The molecule has 3 aromatic carbocycles. The van der Waals surface area contributed by atoms with Crippen molar-refractivity contribution in [1.29, 1.82) is 0 Å². The molecule has 0 saturated carbocycles. The summed E-state index contributed by atoms with van der Waals surface area (Å²) in [5.41, 5.74) is 6.06. The average molecular weight is 418 g/mol. The molecule has 152 valence electrons. The normalized spacial score (nSPS) is 11.0. The van der Waals surface area contributed by atoms with E-state index in [1.54, 1.807) is 0 Å². The van der Waals surface area contributed by atoms with Gasteiger partial charge in [-0.3, -0.25) is 4.79 Å². The predicted octanol–water partition coefficient (Wildman–Crippen LogP) is 5.33. The lowest BCUT2D eigenvalue weighted by Crippen LogP contribution is -2.27. The Balaban J connectivity index is 1.52. The van der Waals surface area contributed by atoms with Crippen LogP contribution >= 0.6 is 11.6 Å². The molecule has 0 radical (unpaired) electrons. The van der Waals surface area contributed by atoms with Crippen molar-refractivity contribution in [3.8, 4) is 0 Å². The number of carbonyl (C=O) groups excluding carboxylic acids is 1. The third kappa shape index (κ3) is 4.39. The Labute approximate surface area is 181 Å². The minimum Gasteiger partial charge on any atom is -0.352 e. The molecule has 4 aromatic rings. The molecule has 4 nitrogen and oxygen atoms in total. The Morgan fingerprint density at radius 1 is 1.03 bits per heavy atom. The van der Waals surface area contributed by atoms with E-state index < -0.39 is 0 Å². The van der Waals surface area contributed by atoms with Crippen LogP contribution in [0.3, 0.4) is 0 Å². The molecule has 5 heteroatoms. The van der Waals surface area contributed by atoms with Crippen LogP contribution in [0.25, 0.3) is 11.0 Å². The summed E-state index contributed by atoms with van der Waals surface area (Å²) in [6.07, 6.45) is 0.652. The highest BCUT2D eigenvalue weighted by Gasteiger charge is 2.13. The number of carbonyl (C=O) groups is 1. The first-order chi connectivity index (χ1) is 14.5. The summed E-state index contributed by atoms with van der Waals surface area (Å²) < 4.78 is 2.21. The van der Waals surface area contributed by atoms with Crippen LogP contribution in [0.5, 0.6) is 0 Å². The van der Waals surface area contributed by atoms with E-state index in [1.807, 2.05) is 74.5 Å². The molecular formula is C25H24ClN3O. The zero-order chi connectivity index (χ0) is 21.1. The van der Waals surface area contributed by atoms with Gasteiger partial charge in [0.15, 0.2) is 0 Å². The second-order valence-corrected chi connectivity index (χ2v) is 7.99. The number of imidazole rings is 1.